The summed E-state index contributed by atoms with van der Waals surface area (Å²) in [4.78, 5) is 31.3. The van der Waals surface area contributed by atoms with Crippen molar-refractivity contribution < 1.29 is 14.3 Å². The highest BCUT2D eigenvalue weighted by Crippen LogP contribution is 2.41. The number of amides is 1. The van der Waals surface area contributed by atoms with Crippen LogP contribution in [0.3, 0.4) is 0 Å². The van der Waals surface area contributed by atoms with E-state index in [2.05, 4.69) is 65.2 Å². The molecule has 0 spiro atoms. The van der Waals surface area contributed by atoms with Gasteiger partial charge in [-0.15, -0.1) is 0 Å². The first-order chi connectivity index (χ1) is 22.8. The highest BCUT2D eigenvalue weighted by molar-refractivity contribution is 5.94. The average Bonchev–Trinajstić information content (AvgIpc) is 3.78. The van der Waals surface area contributed by atoms with E-state index in [0.29, 0.717) is 38.8 Å². The number of anilines is 2. The van der Waals surface area contributed by atoms with E-state index in [-0.39, 0.29) is 30.1 Å². The third-order valence-corrected chi connectivity index (χ3v) is 10.5. The summed E-state index contributed by atoms with van der Waals surface area (Å²) in [5.41, 5.74) is 5.54. The summed E-state index contributed by atoms with van der Waals surface area (Å²) >= 11 is 0. The van der Waals surface area contributed by atoms with Gasteiger partial charge in [0.25, 0.3) is 0 Å². The van der Waals surface area contributed by atoms with Crippen LogP contribution in [0, 0.1) is 18.3 Å². The van der Waals surface area contributed by atoms with Crippen LogP contribution in [0.15, 0.2) is 31.0 Å². The summed E-state index contributed by atoms with van der Waals surface area (Å²) in [6.07, 6.45) is 9.69. The molecule has 12 nitrogen and oxygen atoms in total. The molecule has 5 heterocycles. The van der Waals surface area contributed by atoms with Gasteiger partial charge in [0.2, 0.25) is 5.91 Å². The van der Waals surface area contributed by atoms with E-state index in [1.54, 1.807) is 4.90 Å². The molecule has 7 rings (SSSR count). The number of rotatable bonds is 9. The summed E-state index contributed by atoms with van der Waals surface area (Å²) in [7, 11) is 4.19. The van der Waals surface area contributed by atoms with Crippen LogP contribution in [-0.4, -0.2) is 101 Å². The van der Waals surface area contributed by atoms with E-state index in [4.69, 9.17) is 24.5 Å². The fourth-order valence-electron chi connectivity index (χ4n) is 7.49. The van der Waals surface area contributed by atoms with Crippen LogP contribution in [0.1, 0.15) is 61.6 Å². The van der Waals surface area contributed by atoms with Crippen molar-refractivity contribution in [2.24, 2.45) is 0 Å². The summed E-state index contributed by atoms with van der Waals surface area (Å²) < 4.78 is 14.5. The van der Waals surface area contributed by atoms with E-state index < -0.39 is 0 Å². The number of nitriles is 1. The van der Waals surface area contributed by atoms with Gasteiger partial charge in [-0.25, -0.2) is 4.68 Å². The van der Waals surface area contributed by atoms with Gasteiger partial charge < -0.3 is 29.1 Å². The third-order valence-electron chi connectivity index (χ3n) is 10.5. The molecule has 0 radical (unpaired) electrons. The number of aryl methyl sites for hydroxylation is 1. The van der Waals surface area contributed by atoms with Crippen molar-refractivity contribution in [1.29, 1.82) is 5.26 Å². The van der Waals surface area contributed by atoms with E-state index in [9.17, 15) is 10.1 Å². The zero-order valence-electron chi connectivity index (χ0n) is 27.8. The Morgan fingerprint density at radius 1 is 1.21 bits per heavy atom. The topological polar surface area (TPSA) is 116 Å². The molecule has 47 heavy (non-hydrogen) atoms. The standard InChI is InChI=1S/C35H45N9O3/c1-5-30(45)43-18-17-42(21-25(43)11-15-36)33-26-12-16-41(22-28(26)38-34(39-33)47-23-35(13-14-35)40(3)4)32-24(2)9-10-29-27(32)20-37-44(29)31-8-6-7-19-46-31/h5,9-10,20,25,31H,1,6-8,11-14,16-19,21-23H2,2-4H3/t25-,31?/m0/s1. The maximum absolute atomic E-state index is 12.6. The Morgan fingerprint density at radius 3 is 2.79 bits per heavy atom. The Kier molecular flexibility index (Phi) is 8.53. The van der Waals surface area contributed by atoms with Crippen molar-refractivity contribution in [2.75, 3.05) is 63.3 Å². The van der Waals surface area contributed by atoms with Crippen molar-refractivity contribution >= 4 is 28.3 Å². The number of piperazine rings is 1. The van der Waals surface area contributed by atoms with Gasteiger partial charge in [-0.2, -0.15) is 20.3 Å². The summed E-state index contributed by atoms with van der Waals surface area (Å²) in [5.74, 6) is 0.709. The maximum atomic E-state index is 12.6. The van der Waals surface area contributed by atoms with Gasteiger partial charge in [-0.1, -0.05) is 12.6 Å². The number of aromatic nitrogens is 4. The lowest BCUT2D eigenvalue weighted by Crippen LogP contribution is -2.55. The zero-order chi connectivity index (χ0) is 32.7. The van der Waals surface area contributed by atoms with Gasteiger partial charge in [-0.05, 0) is 77.2 Å². The normalized spacial score (nSPS) is 22.2. The number of likely N-dealkylation sites (N-methyl/N-ethyl adjacent to an activating group) is 1. The number of carbonyl (C=O) groups excluding carboxylic acids is 1. The van der Waals surface area contributed by atoms with Crippen LogP contribution < -0.4 is 14.5 Å². The molecule has 1 saturated carbocycles. The van der Waals surface area contributed by atoms with Crippen LogP contribution in [-0.2, 0) is 22.5 Å². The van der Waals surface area contributed by atoms with Gasteiger partial charge in [0, 0.05) is 43.7 Å². The predicted molar refractivity (Wildman–Crippen MR) is 179 cm³/mol. The number of fused-ring (bicyclic) bond motifs is 2. The Bertz CT molecular complexity index is 1700. The molecule has 4 aliphatic rings. The smallest absolute Gasteiger partial charge is 0.318 e. The molecular weight excluding hydrogens is 594 g/mol. The Balaban J connectivity index is 1.22. The fourth-order valence-corrected chi connectivity index (χ4v) is 7.49. The van der Waals surface area contributed by atoms with E-state index >= 15 is 0 Å². The van der Waals surface area contributed by atoms with Gasteiger partial charge in [0.1, 0.15) is 12.4 Å². The molecule has 1 aromatic carbocycles. The molecule has 1 amide bonds. The number of hydrogen-bond acceptors (Lipinski definition) is 10. The number of ether oxygens (including phenoxy) is 2. The van der Waals surface area contributed by atoms with Gasteiger partial charge in [0.05, 0.1) is 53.7 Å². The minimum atomic E-state index is -0.247. The second kappa shape index (κ2) is 12.8. The predicted octanol–water partition coefficient (Wildman–Crippen LogP) is 3.99. The second-order valence-corrected chi connectivity index (χ2v) is 13.6. The Labute approximate surface area is 276 Å². The molecule has 248 valence electrons. The lowest BCUT2D eigenvalue weighted by atomic mass is 10.0. The van der Waals surface area contributed by atoms with Crippen LogP contribution in [0.25, 0.3) is 10.9 Å². The summed E-state index contributed by atoms with van der Waals surface area (Å²) in [5, 5.41) is 15.5. The monoisotopic (exact) mass is 639 g/mol. The van der Waals surface area contributed by atoms with E-state index in [1.807, 2.05) is 6.20 Å². The lowest BCUT2D eigenvalue weighted by molar-refractivity contribution is -0.128. The number of carbonyl (C=O) groups is 1. The number of benzene rings is 1. The van der Waals surface area contributed by atoms with Gasteiger partial charge in [-0.3, -0.25) is 4.79 Å². The highest BCUT2D eigenvalue weighted by atomic mass is 16.5. The van der Waals surface area contributed by atoms with Crippen molar-refractivity contribution in [3.8, 4) is 12.1 Å². The molecular formula is C35H45N9O3. The largest absolute Gasteiger partial charge is 0.461 e. The first-order valence-electron chi connectivity index (χ1n) is 16.9. The van der Waals surface area contributed by atoms with E-state index in [1.165, 1.54) is 17.3 Å². The van der Waals surface area contributed by atoms with Crippen LogP contribution >= 0.6 is 0 Å². The van der Waals surface area contributed by atoms with Crippen molar-refractivity contribution in [2.45, 2.75) is 76.2 Å². The molecule has 3 fully saturated rings. The summed E-state index contributed by atoms with van der Waals surface area (Å²) in [6, 6.07) is 6.76. The Morgan fingerprint density at radius 2 is 2.06 bits per heavy atom. The fraction of sp³-hybridized carbons (Fsp3) is 0.571. The molecule has 2 aromatic heterocycles. The van der Waals surface area contributed by atoms with Gasteiger partial charge >= 0.3 is 6.01 Å². The minimum Gasteiger partial charge on any atom is -0.461 e. The van der Waals surface area contributed by atoms with Crippen LogP contribution in [0.5, 0.6) is 6.01 Å². The molecule has 2 saturated heterocycles. The quantitative estimate of drug-likeness (QED) is 0.319. The second-order valence-electron chi connectivity index (χ2n) is 13.6. The minimum absolute atomic E-state index is 0.0228. The first kappa shape index (κ1) is 31.4. The lowest BCUT2D eigenvalue weighted by Gasteiger charge is -2.42. The van der Waals surface area contributed by atoms with Crippen LogP contribution in [0.4, 0.5) is 11.5 Å². The van der Waals surface area contributed by atoms with Crippen LogP contribution in [0.2, 0.25) is 0 Å². The van der Waals surface area contributed by atoms with E-state index in [0.717, 1.165) is 79.7 Å². The van der Waals surface area contributed by atoms with Crippen molar-refractivity contribution in [3.05, 3.63) is 47.8 Å². The SMILES string of the molecule is C=CC(=O)N1CCN(c2nc(OCC3(N(C)C)CC3)nc3c2CCN(c2c(C)ccc4c2cnn4C2CCCCO2)C3)C[C@@H]1CC#N. The first-order valence-corrected chi connectivity index (χ1v) is 16.9. The molecule has 12 heteroatoms. The summed E-state index contributed by atoms with van der Waals surface area (Å²) in [6.45, 7) is 10.2. The zero-order valence-corrected chi connectivity index (χ0v) is 27.8. The third kappa shape index (κ3) is 5.91. The number of nitrogens with zero attached hydrogens (tertiary/aromatic N) is 9. The number of hydrogen-bond donors (Lipinski definition) is 0. The molecule has 0 N–H and O–H groups in total. The van der Waals surface area contributed by atoms with Crippen molar-refractivity contribution in [3.63, 3.8) is 0 Å². The van der Waals surface area contributed by atoms with Gasteiger partial charge in [0.15, 0.2) is 6.23 Å². The molecule has 3 aliphatic heterocycles. The molecule has 0 bridgehead atoms. The molecule has 1 unspecified atom stereocenters. The molecule has 2 atom stereocenters. The van der Waals surface area contributed by atoms with Crippen molar-refractivity contribution in [1.82, 2.24) is 29.5 Å². The molecule has 1 aliphatic carbocycles. The average molecular weight is 640 g/mol. The maximum Gasteiger partial charge on any atom is 0.318 e. The Hall–Kier alpha value is -4.21. The molecule has 3 aromatic rings. The highest BCUT2D eigenvalue weighted by Gasteiger charge is 2.46.